The minimum atomic E-state index is -0.549. The Labute approximate surface area is 169 Å². The van der Waals surface area contributed by atoms with Crippen LogP contribution in [0.25, 0.3) is 0 Å². The number of halogens is 2. The molecule has 3 aliphatic heterocycles. The summed E-state index contributed by atoms with van der Waals surface area (Å²) >= 11 is 0. The molecule has 0 saturated carbocycles. The third-order valence-corrected chi connectivity index (χ3v) is 2.57. The van der Waals surface area contributed by atoms with Gasteiger partial charge in [-0.05, 0) is 26.9 Å². The van der Waals surface area contributed by atoms with Crippen molar-refractivity contribution in [3.05, 3.63) is 0 Å². The maximum atomic E-state index is 10.3. The molecule has 0 aliphatic carbocycles. The van der Waals surface area contributed by atoms with E-state index in [9.17, 15) is 18.6 Å². The summed E-state index contributed by atoms with van der Waals surface area (Å²) in [4.78, 5) is 30.2. The van der Waals surface area contributed by atoms with Crippen molar-refractivity contribution in [1.29, 1.82) is 1.45 Å². The first-order valence-electron chi connectivity index (χ1n) is 8.55. The van der Waals surface area contributed by atoms with Gasteiger partial charge in [-0.2, -0.15) is 0 Å². The van der Waals surface area contributed by atoms with E-state index >= 15 is 0 Å². The summed E-state index contributed by atoms with van der Waals surface area (Å²) in [5, 5.41) is 0. The number of carbonyl (C=O) groups is 3. The molecule has 0 aromatic carbocycles. The van der Waals surface area contributed by atoms with Gasteiger partial charge in [0.2, 0.25) is 0 Å². The molecule has 3 aliphatic rings. The van der Waals surface area contributed by atoms with Crippen molar-refractivity contribution in [2.45, 2.75) is 45.5 Å². The van der Waals surface area contributed by atoms with Crippen LogP contribution in [0.2, 0.25) is 0 Å². The molecule has 13 heteroatoms. The van der Waals surface area contributed by atoms with Crippen LogP contribution in [0.1, 0.15) is 27.2 Å². The van der Waals surface area contributed by atoms with E-state index in [1.807, 2.05) is 13.6 Å². The van der Waals surface area contributed by atoms with Crippen molar-refractivity contribution in [3.8, 4) is 0 Å². The summed E-state index contributed by atoms with van der Waals surface area (Å²) < 4.78 is 50.3. The third kappa shape index (κ3) is 17.9. The third-order valence-electron chi connectivity index (χ3n) is 2.57. The number of hydrogen-bond acceptors (Lipinski definition) is 9. The van der Waals surface area contributed by atoms with E-state index in [1.54, 1.807) is 13.8 Å². The van der Waals surface area contributed by atoms with E-state index in [1.165, 1.54) is 6.66 Å². The van der Waals surface area contributed by atoms with Crippen molar-refractivity contribution < 1.29 is 51.7 Å². The Morgan fingerprint density at radius 3 is 1.39 bits per heavy atom. The maximum absolute atomic E-state index is 10.3. The Balaban J connectivity index is -0.000000304. The molecular formula is C15H30F2O9P2. The van der Waals surface area contributed by atoms with Gasteiger partial charge in [0.05, 0.1) is 8.89 Å². The summed E-state index contributed by atoms with van der Waals surface area (Å²) in [5.74, 6) is 0. The van der Waals surface area contributed by atoms with Crippen molar-refractivity contribution in [2.75, 3.05) is 33.2 Å². The summed E-state index contributed by atoms with van der Waals surface area (Å²) in [6.07, 6.45) is -0.884. The van der Waals surface area contributed by atoms with Gasteiger partial charge < -0.3 is 28.4 Å². The highest BCUT2D eigenvalue weighted by molar-refractivity contribution is 7.30. The van der Waals surface area contributed by atoms with Crippen LogP contribution >= 0.6 is 18.1 Å². The lowest BCUT2D eigenvalue weighted by atomic mass is 10.3. The fourth-order valence-corrected chi connectivity index (χ4v) is 1.40. The number of cyclic esters (lactones) is 6. The molecule has 3 rings (SSSR count). The largest absolute Gasteiger partial charge is 0.508 e. The molecule has 0 bridgehead atoms. The first-order valence-corrected chi connectivity index (χ1v) is 10.7. The Hall–Kier alpha value is -1.47. The van der Waals surface area contributed by atoms with Crippen LogP contribution in [0.15, 0.2) is 0 Å². The zero-order chi connectivity index (χ0) is 23.2. The average molecular weight is 456 g/mol. The van der Waals surface area contributed by atoms with Crippen molar-refractivity contribution >= 4 is 36.6 Å². The predicted molar refractivity (Wildman–Crippen MR) is 104 cm³/mol. The van der Waals surface area contributed by atoms with Gasteiger partial charge in [0.15, 0.2) is 0 Å². The molecule has 9 nitrogen and oxygen atoms in total. The van der Waals surface area contributed by atoms with Crippen LogP contribution in [-0.2, 0) is 28.4 Å². The molecule has 3 saturated heterocycles. The zero-order valence-corrected chi connectivity index (χ0v) is 18.7. The van der Waals surface area contributed by atoms with Gasteiger partial charge in [0.25, 0.3) is 1.45 Å². The molecule has 0 aromatic rings. The molecule has 5 unspecified atom stereocenters. The van der Waals surface area contributed by atoms with E-state index in [2.05, 4.69) is 39.1 Å². The van der Waals surface area contributed by atoms with E-state index in [-0.39, 0.29) is 18.3 Å². The van der Waals surface area contributed by atoms with Crippen LogP contribution in [0.4, 0.5) is 23.3 Å². The second-order valence-corrected chi connectivity index (χ2v) is 5.26. The standard InChI is InChI=1S/C5H8O3.2C4H6O3.CH4FP.CH5P.FH/c1-2-4-3-7-5(6)8-4;2*1-3-2-6-4(5)7-3;1-3-2;1-2;/h4H,2-3H2,1H3;2*3H,2H2,1H3;3H,1H3;2H2,1H3;1H/i/hT. The first-order chi connectivity index (χ1) is 13.8. The highest BCUT2D eigenvalue weighted by Crippen LogP contribution is 2.08. The van der Waals surface area contributed by atoms with Gasteiger partial charge in [0, 0.05) is 0 Å². The molecule has 0 aromatic heterocycles. The predicted octanol–water partition coefficient (Wildman–Crippen LogP) is 3.84. The molecule has 3 fully saturated rings. The van der Waals surface area contributed by atoms with Crippen LogP contribution < -0.4 is 0 Å². The lowest BCUT2D eigenvalue weighted by Crippen LogP contribution is -2.06. The van der Waals surface area contributed by atoms with Gasteiger partial charge in [-0.3, -0.25) is 4.72 Å². The number of carbonyl (C=O) groups excluding carboxylic acids is 3. The van der Waals surface area contributed by atoms with Crippen LogP contribution in [0.5, 0.6) is 0 Å². The van der Waals surface area contributed by atoms with E-state index in [0.717, 1.165) is 6.42 Å². The van der Waals surface area contributed by atoms with Crippen molar-refractivity contribution in [2.24, 2.45) is 0 Å². The van der Waals surface area contributed by atoms with Gasteiger partial charge in [-0.25, -0.2) is 18.6 Å². The van der Waals surface area contributed by atoms with E-state index in [0.29, 0.717) is 19.8 Å². The molecule has 0 N–H and O–H groups in total. The minimum Gasteiger partial charge on any atom is -0.430 e. The van der Waals surface area contributed by atoms with Gasteiger partial charge in [0.1, 0.15) is 38.1 Å². The molecular weight excluding hydrogens is 424 g/mol. The summed E-state index contributed by atoms with van der Waals surface area (Å²) in [5.41, 5.74) is 0. The monoisotopic (exact) mass is 456 g/mol. The first kappa shape index (κ1) is 28.7. The van der Waals surface area contributed by atoms with Crippen molar-refractivity contribution in [1.82, 2.24) is 0 Å². The number of hydrogen-bond donors (Lipinski definition) is 0. The summed E-state index contributed by atoms with van der Waals surface area (Å²) in [7, 11) is 2.00. The fraction of sp³-hybridized carbons (Fsp3) is 0.800. The Bertz CT molecular complexity index is 413. The number of rotatable bonds is 1. The quantitative estimate of drug-likeness (QED) is 0.330. The normalized spacial score (nSPS) is 23.9. The topological polar surface area (TPSA) is 107 Å². The number of ether oxygens (including phenoxy) is 6. The zero-order valence-electron chi connectivity index (χ0n) is 17.6. The smallest absolute Gasteiger partial charge is 0.430 e. The van der Waals surface area contributed by atoms with Crippen molar-refractivity contribution in [3.63, 3.8) is 0 Å². The lowest BCUT2D eigenvalue weighted by Gasteiger charge is -1.97. The van der Waals surface area contributed by atoms with E-state index in [4.69, 9.17) is 4.72 Å². The minimum absolute atomic E-state index is 0.00231. The Morgan fingerprint density at radius 2 is 1.29 bits per heavy atom. The molecule has 3 heterocycles. The van der Waals surface area contributed by atoms with Crippen LogP contribution in [0, 0.1) is 0 Å². The molecule has 5 atom stereocenters. The Kier molecular flexibility index (Phi) is 20.8. The van der Waals surface area contributed by atoms with Gasteiger partial charge >= 0.3 is 18.5 Å². The van der Waals surface area contributed by atoms with Crippen LogP contribution in [0.3, 0.4) is 0 Å². The second kappa shape index (κ2) is 20.3. The summed E-state index contributed by atoms with van der Waals surface area (Å²) in [6.45, 7) is 10.1. The molecule has 0 radical (unpaired) electrons. The molecule has 0 spiro atoms. The second-order valence-electron chi connectivity index (χ2n) is 4.88. The average Bonchev–Trinajstić information content (AvgIpc) is 3.42. The Morgan fingerprint density at radius 1 is 0.964 bits per heavy atom. The van der Waals surface area contributed by atoms with E-state index < -0.39 is 27.4 Å². The molecule has 28 heavy (non-hydrogen) atoms. The van der Waals surface area contributed by atoms with Gasteiger partial charge in [-0.1, -0.05) is 13.6 Å². The maximum Gasteiger partial charge on any atom is 0.508 e. The molecule has 0 amide bonds. The fourth-order valence-electron chi connectivity index (χ4n) is 1.40. The highest BCUT2D eigenvalue weighted by Gasteiger charge is 2.22. The lowest BCUT2D eigenvalue weighted by molar-refractivity contribution is 0.117. The summed E-state index contributed by atoms with van der Waals surface area (Å²) in [6, 6.07) is 0. The van der Waals surface area contributed by atoms with Gasteiger partial charge in [-0.15, -0.1) is 9.24 Å². The van der Waals surface area contributed by atoms with Crippen LogP contribution in [-0.4, -0.2) is 71.4 Å². The molecule has 168 valence electrons. The SMILES string of the molecule is CC1COC(=O)O1.CC1COC(=O)O1.CCC1COC(=O)O1.CP.CPF.[3H]F. The highest BCUT2D eigenvalue weighted by atomic mass is 31.1.